The average molecular weight is 215 g/mol. The zero-order valence-electron chi connectivity index (χ0n) is 8.06. The van der Waals surface area contributed by atoms with Crippen molar-refractivity contribution in [2.75, 3.05) is 6.61 Å². The second kappa shape index (κ2) is 4.16. The third-order valence-corrected chi connectivity index (χ3v) is 2.97. The van der Waals surface area contributed by atoms with Gasteiger partial charge < -0.3 is 4.74 Å². The SMILES string of the molecule is C=CCOc1ccc2cc(C#N)sc2c1. The third kappa shape index (κ3) is 2.00. The summed E-state index contributed by atoms with van der Waals surface area (Å²) in [6, 6.07) is 9.84. The molecule has 0 aliphatic carbocycles. The Kier molecular flexibility index (Phi) is 2.70. The minimum atomic E-state index is 0.502. The van der Waals surface area contributed by atoms with E-state index in [9.17, 15) is 0 Å². The van der Waals surface area contributed by atoms with Crippen LogP contribution in [0.4, 0.5) is 0 Å². The highest BCUT2D eigenvalue weighted by Crippen LogP contribution is 2.28. The normalized spacial score (nSPS) is 9.80. The molecule has 0 bridgehead atoms. The van der Waals surface area contributed by atoms with E-state index < -0.39 is 0 Å². The zero-order chi connectivity index (χ0) is 10.7. The molecule has 2 nitrogen and oxygen atoms in total. The van der Waals surface area contributed by atoms with Gasteiger partial charge in [0.1, 0.15) is 23.3 Å². The summed E-state index contributed by atoms with van der Waals surface area (Å²) in [4.78, 5) is 0.728. The Morgan fingerprint density at radius 3 is 3.07 bits per heavy atom. The van der Waals surface area contributed by atoms with E-state index in [1.165, 1.54) is 11.3 Å². The van der Waals surface area contributed by atoms with Gasteiger partial charge in [-0.3, -0.25) is 0 Å². The Hall–Kier alpha value is -1.79. The van der Waals surface area contributed by atoms with Gasteiger partial charge >= 0.3 is 0 Å². The molecule has 1 heterocycles. The number of nitrogens with zero attached hydrogens (tertiary/aromatic N) is 1. The van der Waals surface area contributed by atoms with Gasteiger partial charge in [0.05, 0.1) is 0 Å². The van der Waals surface area contributed by atoms with Gasteiger partial charge in [-0.15, -0.1) is 11.3 Å². The van der Waals surface area contributed by atoms with Crippen molar-refractivity contribution >= 4 is 21.4 Å². The van der Waals surface area contributed by atoms with Gasteiger partial charge in [0, 0.05) is 4.70 Å². The molecule has 0 N–H and O–H groups in total. The Bertz CT molecular complexity index is 536. The molecule has 0 radical (unpaired) electrons. The lowest BCUT2D eigenvalue weighted by molar-refractivity contribution is 0.364. The molecule has 2 aromatic rings. The highest BCUT2D eigenvalue weighted by molar-refractivity contribution is 7.19. The maximum Gasteiger partial charge on any atom is 0.121 e. The molecule has 1 aromatic heterocycles. The number of nitriles is 1. The van der Waals surface area contributed by atoms with Crippen LogP contribution in [0.3, 0.4) is 0 Å². The van der Waals surface area contributed by atoms with E-state index in [4.69, 9.17) is 10.00 Å². The van der Waals surface area contributed by atoms with E-state index >= 15 is 0 Å². The smallest absolute Gasteiger partial charge is 0.121 e. The van der Waals surface area contributed by atoms with Crippen LogP contribution < -0.4 is 4.74 Å². The molecule has 0 fully saturated rings. The van der Waals surface area contributed by atoms with Gasteiger partial charge in [-0.1, -0.05) is 12.7 Å². The molecule has 0 saturated heterocycles. The first kappa shape index (κ1) is 9.75. The largest absolute Gasteiger partial charge is 0.490 e. The van der Waals surface area contributed by atoms with Crippen molar-refractivity contribution in [2.24, 2.45) is 0 Å². The third-order valence-electron chi connectivity index (χ3n) is 1.97. The van der Waals surface area contributed by atoms with Crippen LogP contribution in [0.25, 0.3) is 10.1 Å². The summed E-state index contributed by atoms with van der Waals surface area (Å²) in [6.45, 7) is 4.09. The Labute approximate surface area is 92.0 Å². The lowest BCUT2D eigenvalue weighted by Gasteiger charge is -2.01. The molecular formula is C12H9NOS. The number of rotatable bonds is 3. The standard InChI is InChI=1S/C12H9NOS/c1-2-5-14-10-4-3-9-6-11(8-13)15-12(9)7-10/h2-4,6-7H,1,5H2. The second-order valence-electron chi connectivity index (χ2n) is 3.02. The quantitative estimate of drug-likeness (QED) is 0.736. The van der Waals surface area contributed by atoms with Crippen molar-refractivity contribution in [2.45, 2.75) is 0 Å². The fourth-order valence-corrected chi connectivity index (χ4v) is 2.20. The molecule has 0 unspecified atom stereocenters. The van der Waals surface area contributed by atoms with E-state index in [1.54, 1.807) is 6.08 Å². The van der Waals surface area contributed by atoms with Crippen LogP contribution in [-0.4, -0.2) is 6.61 Å². The number of fused-ring (bicyclic) bond motifs is 1. The van der Waals surface area contributed by atoms with Crippen molar-refractivity contribution in [3.63, 3.8) is 0 Å². The fraction of sp³-hybridized carbons (Fsp3) is 0.0833. The van der Waals surface area contributed by atoms with Gasteiger partial charge in [0.15, 0.2) is 0 Å². The lowest BCUT2D eigenvalue weighted by atomic mass is 10.2. The van der Waals surface area contributed by atoms with E-state index in [-0.39, 0.29) is 0 Å². The van der Waals surface area contributed by atoms with Gasteiger partial charge in [-0.25, -0.2) is 0 Å². The summed E-state index contributed by atoms with van der Waals surface area (Å²) < 4.78 is 6.49. The van der Waals surface area contributed by atoms with Crippen molar-refractivity contribution in [3.05, 3.63) is 41.8 Å². The molecule has 2 rings (SSSR count). The van der Waals surface area contributed by atoms with Crippen LogP contribution in [0.2, 0.25) is 0 Å². The van der Waals surface area contributed by atoms with Crippen LogP contribution in [0.5, 0.6) is 5.75 Å². The topological polar surface area (TPSA) is 33.0 Å². The average Bonchev–Trinajstić information content (AvgIpc) is 2.68. The highest BCUT2D eigenvalue weighted by atomic mass is 32.1. The molecule has 0 amide bonds. The molecule has 1 aromatic carbocycles. The first-order chi connectivity index (χ1) is 7.33. The number of hydrogen-bond acceptors (Lipinski definition) is 3. The molecule has 74 valence electrons. The molecular weight excluding hydrogens is 206 g/mol. The van der Waals surface area contributed by atoms with E-state index in [1.807, 2.05) is 24.3 Å². The van der Waals surface area contributed by atoms with Gasteiger partial charge in [0.25, 0.3) is 0 Å². The Balaban J connectivity index is 2.38. The maximum atomic E-state index is 8.77. The second-order valence-corrected chi connectivity index (χ2v) is 4.11. The molecule has 0 aliphatic heterocycles. The highest BCUT2D eigenvalue weighted by Gasteiger charge is 2.02. The summed E-state index contributed by atoms with van der Waals surface area (Å²) in [5, 5.41) is 9.85. The monoisotopic (exact) mass is 215 g/mol. The van der Waals surface area contributed by atoms with E-state index in [0.29, 0.717) is 6.61 Å². The van der Waals surface area contributed by atoms with Crippen molar-refractivity contribution < 1.29 is 4.74 Å². The number of ether oxygens (including phenoxy) is 1. The molecule has 15 heavy (non-hydrogen) atoms. The summed E-state index contributed by atoms with van der Waals surface area (Å²) in [6.07, 6.45) is 1.71. The predicted molar refractivity (Wildman–Crippen MR) is 62.2 cm³/mol. The van der Waals surface area contributed by atoms with Gasteiger partial charge in [-0.2, -0.15) is 5.26 Å². The van der Waals surface area contributed by atoms with Crippen LogP contribution >= 0.6 is 11.3 Å². The maximum absolute atomic E-state index is 8.77. The first-order valence-corrected chi connectivity index (χ1v) is 5.32. The number of benzene rings is 1. The van der Waals surface area contributed by atoms with Gasteiger partial charge in [-0.05, 0) is 29.7 Å². The van der Waals surface area contributed by atoms with Crippen LogP contribution in [0.1, 0.15) is 4.88 Å². The van der Waals surface area contributed by atoms with Crippen LogP contribution in [0, 0.1) is 11.3 Å². The summed E-state index contributed by atoms with van der Waals surface area (Å²) in [7, 11) is 0. The number of thiophene rings is 1. The van der Waals surface area contributed by atoms with Crippen LogP contribution in [0.15, 0.2) is 36.9 Å². The van der Waals surface area contributed by atoms with Crippen molar-refractivity contribution in [1.82, 2.24) is 0 Å². The fourth-order valence-electron chi connectivity index (χ4n) is 1.31. The molecule has 0 spiro atoms. The summed E-state index contributed by atoms with van der Waals surface area (Å²) >= 11 is 1.48. The summed E-state index contributed by atoms with van der Waals surface area (Å²) in [5.74, 6) is 0.814. The van der Waals surface area contributed by atoms with Crippen molar-refractivity contribution in [3.8, 4) is 11.8 Å². The van der Waals surface area contributed by atoms with Crippen LogP contribution in [-0.2, 0) is 0 Å². The zero-order valence-corrected chi connectivity index (χ0v) is 8.88. The minimum absolute atomic E-state index is 0.502. The Morgan fingerprint density at radius 1 is 1.47 bits per heavy atom. The van der Waals surface area contributed by atoms with Crippen molar-refractivity contribution in [1.29, 1.82) is 5.26 Å². The lowest BCUT2D eigenvalue weighted by Crippen LogP contribution is -1.91. The molecule has 0 saturated carbocycles. The molecule has 0 aliphatic rings. The van der Waals surface area contributed by atoms with E-state index in [2.05, 4.69) is 12.6 Å². The Morgan fingerprint density at radius 2 is 2.33 bits per heavy atom. The minimum Gasteiger partial charge on any atom is -0.490 e. The number of hydrogen-bond donors (Lipinski definition) is 0. The molecule has 3 heteroatoms. The predicted octanol–water partition coefficient (Wildman–Crippen LogP) is 3.34. The van der Waals surface area contributed by atoms with E-state index in [0.717, 1.165) is 20.7 Å². The van der Waals surface area contributed by atoms with Gasteiger partial charge in [0.2, 0.25) is 0 Å². The first-order valence-electron chi connectivity index (χ1n) is 4.51. The molecule has 0 atom stereocenters. The summed E-state index contributed by atoms with van der Waals surface area (Å²) in [5.41, 5.74) is 0.